The molecule has 0 rings (SSSR count). The van der Waals surface area contributed by atoms with Crippen LogP contribution in [0.25, 0.3) is 0 Å². The van der Waals surface area contributed by atoms with Gasteiger partial charge in [0.25, 0.3) is 0 Å². The van der Waals surface area contributed by atoms with Gasteiger partial charge in [0, 0.05) is 26.7 Å². The summed E-state index contributed by atoms with van der Waals surface area (Å²) in [7, 11) is -3.04. The van der Waals surface area contributed by atoms with Crippen molar-refractivity contribution >= 4 is 14.8 Å². The van der Waals surface area contributed by atoms with Gasteiger partial charge in [-0.15, -0.1) is 0 Å². The van der Waals surface area contributed by atoms with Gasteiger partial charge < -0.3 is 18.0 Å². The van der Waals surface area contributed by atoms with Gasteiger partial charge in [0.1, 0.15) is 0 Å². The van der Waals surface area contributed by atoms with E-state index in [4.69, 9.17) is 18.0 Å². The zero-order valence-electron chi connectivity index (χ0n) is 15.7. The summed E-state index contributed by atoms with van der Waals surface area (Å²) in [5, 5.41) is 0. The summed E-state index contributed by atoms with van der Waals surface area (Å²) in [4.78, 5) is 11.5. The van der Waals surface area contributed by atoms with Crippen LogP contribution in [0.15, 0.2) is 0 Å². The van der Waals surface area contributed by atoms with Gasteiger partial charge in [-0.3, -0.25) is 4.79 Å². The monoisotopic (exact) mass is 348 g/mol. The van der Waals surface area contributed by atoms with E-state index in [-0.39, 0.29) is 5.97 Å². The Bertz CT molecular complexity index is 272. The van der Waals surface area contributed by atoms with E-state index in [9.17, 15) is 4.79 Å². The molecule has 0 heterocycles. The topological polar surface area (TPSA) is 54.0 Å². The van der Waals surface area contributed by atoms with Crippen LogP contribution in [0.3, 0.4) is 0 Å². The number of hydrogen-bond acceptors (Lipinski definition) is 5. The number of carbonyl (C=O) groups is 1. The van der Waals surface area contributed by atoms with Gasteiger partial charge in [-0.25, -0.2) is 0 Å². The molecule has 138 valence electrons. The Morgan fingerprint density at radius 2 is 1.22 bits per heavy atom. The Balaban J connectivity index is 5.15. The fourth-order valence-electron chi connectivity index (χ4n) is 2.09. The molecule has 0 amide bonds. The zero-order chi connectivity index (χ0) is 17.6. The predicted molar refractivity (Wildman–Crippen MR) is 94.2 cm³/mol. The SMILES string of the molecule is CCCCO[Si](OCCCC)(OCCCC)C(CC)OC(C)=O. The third-order valence-electron chi connectivity index (χ3n) is 3.48. The first kappa shape index (κ1) is 22.6. The average Bonchev–Trinajstić information content (AvgIpc) is 2.52. The lowest BCUT2D eigenvalue weighted by atomic mass is 10.4. The molecular weight excluding hydrogens is 312 g/mol. The van der Waals surface area contributed by atoms with E-state index in [0.717, 1.165) is 38.5 Å². The minimum Gasteiger partial charge on any atom is -0.458 e. The molecule has 5 nitrogen and oxygen atoms in total. The van der Waals surface area contributed by atoms with Crippen LogP contribution in [0.5, 0.6) is 0 Å². The number of rotatable bonds is 15. The lowest BCUT2D eigenvalue weighted by molar-refractivity contribution is -0.146. The lowest BCUT2D eigenvalue weighted by Gasteiger charge is -2.35. The summed E-state index contributed by atoms with van der Waals surface area (Å²) in [5.41, 5.74) is -0.425. The maximum absolute atomic E-state index is 11.5. The highest BCUT2D eigenvalue weighted by Crippen LogP contribution is 2.22. The standard InChI is InChI=1S/C17H36O5Si/c1-6-10-13-19-23(20-14-11-7-2,21-15-12-8-3)17(9-4)22-16(5)18/h17H,6-15H2,1-5H3. The molecule has 0 fully saturated rings. The van der Waals surface area contributed by atoms with Crippen molar-refractivity contribution in [3.8, 4) is 0 Å². The molecule has 1 unspecified atom stereocenters. The first-order valence-corrected chi connectivity index (χ1v) is 10.9. The van der Waals surface area contributed by atoms with Crippen molar-refractivity contribution < 1.29 is 22.8 Å². The summed E-state index contributed by atoms with van der Waals surface area (Å²) in [5.74, 6) is -0.314. The highest BCUT2D eigenvalue weighted by atomic mass is 28.4. The van der Waals surface area contributed by atoms with Gasteiger partial charge in [-0.05, 0) is 25.7 Å². The summed E-state index contributed by atoms with van der Waals surface area (Å²) in [6, 6.07) is 0. The molecule has 0 aromatic heterocycles. The van der Waals surface area contributed by atoms with E-state index < -0.39 is 14.5 Å². The Labute approximate surface area is 143 Å². The Kier molecular flexibility index (Phi) is 13.7. The molecule has 1 atom stereocenters. The minimum absolute atomic E-state index is 0.314. The van der Waals surface area contributed by atoms with E-state index in [0.29, 0.717) is 26.2 Å². The Morgan fingerprint density at radius 1 is 0.826 bits per heavy atom. The number of unbranched alkanes of at least 4 members (excludes halogenated alkanes) is 3. The number of hydrogen-bond donors (Lipinski definition) is 0. The molecule has 23 heavy (non-hydrogen) atoms. The van der Waals surface area contributed by atoms with Gasteiger partial charge in [0.15, 0.2) is 5.73 Å². The molecule has 0 aliphatic heterocycles. The normalized spacial score (nSPS) is 13.1. The fraction of sp³-hybridized carbons (Fsp3) is 0.941. The minimum atomic E-state index is -3.04. The number of esters is 1. The maximum Gasteiger partial charge on any atom is 0.544 e. The van der Waals surface area contributed by atoms with Crippen LogP contribution in [0.1, 0.15) is 79.6 Å². The summed E-state index contributed by atoms with van der Waals surface area (Å²) in [6.07, 6.45) is 6.59. The largest absolute Gasteiger partial charge is 0.544 e. The van der Waals surface area contributed by atoms with Crippen LogP contribution in [-0.4, -0.2) is 40.3 Å². The van der Waals surface area contributed by atoms with Gasteiger partial charge in [0.05, 0.1) is 0 Å². The van der Waals surface area contributed by atoms with Crippen LogP contribution >= 0.6 is 0 Å². The first-order valence-electron chi connectivity index (χ1n) is 9.15. The van der Waals surface area contributed by atoms with Crippen LogP contribution in [0, 0.1) is 0 Å². The second-order valence-corrected chi connectivity index (χ2v) is 8.43. The van der Waals surface area contributed by atoms with Crippen molar-refractivity contribution in [2.45, 2.75) is 85.3 Å². The predicted octanol–water partition coefficient (Wildman–Crippen LogP) is 4.26. The molecule has 0 aromatic rings. The molecule has 0 saturated heterocycles. The van der Waals surface area contributed by atoms with E-state index >= 15 is 0 Å². The summed E-state index contributed by atoms with van der Waals surface area (Å²) >= 11 is 0. The van der Waals surface area contributed by atoms with Crippen molar-refractivity contribution in [3.05, 3.63) is 0 Å². The number of ether oxygens (including phenoxy) is 1. The second kappa shape index (κ2) is 14.0. The third kappa shape index (κ3) is 9.45. The maximum atomic E-state index is 11.5. The lowest BCUT2D eigenvalue weighted by Crippen LogP contribution is -2.58. The van der Waals surface area contributed by atoms with Crippen molar-refractivity contribution in [1.29, 1.82) is 0 Å². The van der Waals surface area contributed by atoms with Crippen molar-refractivity contribution in [2.24, 2.45) is 0 Å². The van der Waals surface area contributed by atoms with E-state index in [1.165, 1.54) is 6.92 Å². The molecule has 0 bridgehead atoms. The summed E-state index contributed by atoms with van der Waals surface area (Å²) < 4.78 is 23.9. The van der Waals surface area contributed by atoms with Crippen LogP contribution < -0.4 is 0 Å². The second-order valence-electron chi connectivity index (χ2n) is 5.72. The van der Waals surface area contributed by atoms with E-state index in [2.05, 4.69) is 20.8 Å². The highest BCUT2D eigenvalue weighted by molar-refractivity contribution is 6.62. The number of carbonyl (C=O) groups excluding carboxylic acids is 1. The molecule has 0 aromatic carbocycles. The molecule has 0 aliphatic rings. The Morgan fingerprint density at radius 3 is 1.48 bits per heavy atom. The van der Waals surface area contributed by atoms with Gasteiger partial charge in [-0.2, -0.15) is 0 Å². The molecule has 0 spiro atoms. The van der Waals surface area contributed by atoms with Crippen molar-refractivity contribution in [3.63, 3.8) is 0 Å². The van der Waals surface area contributed by atoms with Gasteiger partial charge in [-0.1, -0.05) is 47.0 Å². The molecular formula is C17H36O5Si. The smallest absolute Gasteiger partial charge is 0.458 e. The zero-order valence-corrected chi connectivity index (χ0v) is 16.7. The molecule has 0 aliphatic carbocycles. The quantitative estimate of drug-likeness (QED) is 0.251. The van der Waals surface area contributed by atoms with Crippen molar-refractivity contribution in [2.75, 3.05) is 19.8 Å². The molecule has 0 radical (unpaired) electrons. The highest BCUT2D eigenvalue weighted by Gasteiger charge is 2.51. The van der Waals surface area contributed by atoms with Crippen LogP contribution in [-0.2, 0) is 22.8 Å². The molecule has 6 heteroatoms. The Hall–Kier alpha value is -0.433. The van der Waals surface area contributed by atoms with Crippen molar-refractivity contribution in [1.82, 2.24) is 0 Å². The average molecular weight is 349 g/mol. The fourth-order valence-corrected chi connectivity index (χ4v) is 4.99. The van der Waals surface area contributed by atoms with E-state index in [1.807, 2.05) is 6.92 Å². The van der Waals surface area contributed by atoms with Crippen LogP contribution in [0.4, 0.5) is 0 Å². The molecule has 0 saturated carbocycles. The third-order valence-corrected chi connectivity index (χ3v) is 6.61. The summed E-state index contributed by atoms with van der Waals surface area (Å²) in [6.45, 7) is 11.5. The van der Waals surface area contributed by atoms with E-state index in [1.54, 1.807) is 0 Å². The van der Waals surface area contributed by atoms with Gasteiger partial charge >= 0.3 is 14.8 Å². The molecule has 0 N–H and O–H groups in total. The van der Waals surface area contributed by atoms with Crippen LogP contribution in [0.2, 0.25) is 0 Å². The van der Waals surface area contributed by atoms with Gasteiger partial charge in [0.2, 0.25) is 0 Å². The first-order chi connectivity index (χ1) is 11.1.